The summed E-state index contributed by atoms with van der Waals surface area (Å²) in [5.74, 6) is 0.125. The van der Waals surface area contributed by atoms with Crippen molar-refractivity contribution in [1.82, 2.24) is 15.0 Å². The van der Waals surface area contributed by atoms with Gasteiger partial charge in [-0.1, -0.05) is 6.92 Å². The molecule has 0 aliphatic rings. The topological polar surface area (TPSA) is 169 Å². The summed E-state index contributed by atoms with van der Waals surface area (Å²) in [5.41, 5.74) is 20.0. The number of hydrogen-bond donors (Lipinski definition) is 4. The molecule has 1 rings (SSSR count). The third-order valence-electron chi connectivity index (χ3n) is 1.14. The van der Waals surface area contributed by atoms with Gasteiger partial charge in [0.2, 0.25) is 17.8 Å². The number of ether oxygens (including phenoxy) is 1. The minimum absolute atomic E-state index is 0.0417. The Hall–Kier alpha value is -2.32. The van der Waals surface area contributed by atoms with Gasteiger partial charge in [0.05, 0.1) is 6.61 Å². The van der Waals surface area contributed by atoms with Crippen LogP contribution in [-0.4, -0.2) is 27.7 Å². The lowest BCUT2D eigenvalue weighted by Crippen LogP contribution is -2.12. The number of nitrogens with zero attached hydrogens (tertiary/aromatic N) is 3. The Kier molecular flexibility index (Phi) is 6.02. The molecule has 1 aromatic heterocycles. The zero-order valence-electron chi connectivity index (χ0n) is 8.88. The van der Waals surface area contributed by atoms with Crippen molar-refractivity contribution in [2.75, 3.05) is 23.8 Å². The summed E-state index contributed by atoms with van der Waals surface area (Å²) in [4.78, 5) is 20.2. The van der Waals surface area contributed by atoms with Crippen molar-refractivity contribution in [2.24, 2.45) is 5.73 Å². The van der Waals surface area contributed by atoms with Crippen LogP contribution in [-0.2, 0) is 4.74 Å². The molecule has 1 heterocycles. The molecular formula is C7H15N7O2. The summed E-state index contributed by atoms with van der Waals surface area (Å²) in [6.45, 7) is 2.33. The second-order valence-corrected chi connectivity index (χ2v) is 2.58. The maximum Gasteiger partial charge on any atom is 0.404 e. The average molecular weight is 229 g/mol. The van der Waals surface area contributed by atoms with Gasteiger partial charge in [-0.2, -0.15) is 15.0 Å². The Morgan fingerprint density at radius 1 is 1.12 bits per heavy atom. The molecular weight excluding hydrogens is 214 g/mol. The predicted molar refractivity (Wildman–Crippen MR) is 58.9 cm³/mol. The third-order valence-corrected chi connectivity index (χ3v) is 1.14. The van der Waals surface area contributed by atoms with Crippen LogP contribution in [0.5, 0.6) is 0 Å². The first kappa shape index (κ1) is 13.7. The molecule has 1 amide bonds. The molecule has 0 bridgehead atoms. The number of nitrogens with two attached hydrogens (primary N) is 4. The number of amides is 1. The van der Waals surface area contributed by atoms with E-state index in [-0.39, 0.29) is 17.8 Å². The molecule has 0 aliphatic carbocycles. The molecule has 1 aromatic rings. The van der Waals surface area contributed by atoms with Crippen molar-refractivity contribution in [3.63, 3.8) is 0 Å². The van der Waals surface area contributed by atoms with Gasteiger partial charge in [-0.25, -0.2) is 4.79 Å². The van der Waals surface area contributed by atoms with Gasteiger partial charge in [0, 0.05) is 0 Å². The summed E-state index contributed by atoms with van der Waals surface area (Å²) < 4.78 is 4.33. The maximum absolute atomic E-state index is 9.76. The predicted octanol–water partition coefficient (Wildman–Crippen LogP) is -0.890. The number of primary amides is 1. The molecule has 0 saturated heterocycles. The van der Waals surface area contributed by atoms with Crippen LogP contribution in [0.4, 0.5) is 22.6 Å². The summed E-state index contributed by atoms with van der Waals surface area (Å²) in [6, 6.07) is 0. The fourth-order valence-electron chi connectivity index (χ4n) is 0.630. The molecule has 0 unspecified atom stereocenters. The molecule has 0 atom stereocenters. The van der Waals surface area contributed by atoms with Crippen LogP contribution in [0.15, 0.2) is 0 Å². The highest BCUT2D eigenvalue weighted by Gasteiger charge is 1.93. The van der Waals surface area contributed by atoms with E-state index in [2.05, 4.69) is 25.4 Å². The molecule has 0 aromatic carbocycles. The quantitative estimate of drug-likeness (QED) is 0.506. The Bertz CT molecular complexity index is 293. The van der Waals surface area contributed by atoms with E-state index in [1.54, 1.807) is 0 Å². The maximum atomic E-state index is 9.76. The zero-order valence-corrected chi connectivity index (χ0v) is 8.88. The SMILES string of the molecule is CCCOC(N)=O.Nc1nc(N)nc(N)n1. The second-order valence-electron chi connectivity index (χ2n) is 2.58. The smallest absolute Gasteiger partial charge is 0.404 e. The lowest BCUT2D eigenvalue weighted by Gasteiger charge is -1.93. The molecule has 8 N–H and O–H groups in total. The van der Waals surface area contributed by atoms with Crippen LogP contribution < -0.4 is 22.9 Å². The largest absolute Gasteiger partial charge is 0.450 e. The fraction of sp³-hybridized carbons (Fsp3) is 0.429. The first-order valence-electron chi connectivity index (χ1n) is 4.40. The Morgan fingerprint density at radius 2 is 1.50 bits per heavy atom. The average Bonchev–Trinajstić information content (AvgIpc) is 2.13. The summed E-state index contributed by atoms with van der Waals surface area (Å²) in [6.07, 6.45) is 0.130. The zero-order chi connectivity index (χ0) is 12.6. The summed E-state index contributed by atoms with van der Waals surface area (Å²) >= 11 is 0. The van der Waals surface area contributed by atoms with E-state index in [4.69, 9.17) is 17.2 Å². The van der Waals surface area contributed by atoms with Gasteiger partial charge in [-0.15, -0.1) is 0 Å². The van der Waals surface area contributed by atoms with E-state index in [0.29, 0.717) is 6.61 Å². The lowest BCUT2D eigenvalue weighted by atomic mass is 10.5. The van der Waals surface area contributed by atoms with Gasteiger partial charge >= 0.3 is 6.09 Å². The van der Waals surface area contributed by atoms with E-state index < -0.39 is 6.09 Å². The van der Waals surface area contributed by atoms with Gasteiger partial charge < -0.3 is 27.7 Å². The molecule has 9 heteroatoms. The van der Waals surface area contributed by atoms with Gasteiger partial charge in [-0.3, -0.25) is 0 Å². The van der Waals surface area contributed by atoms with E-state index in [0.717, 1.165) is 6.42 Å². The van der Waals surface area contributed by atoms with E-state index in [1.165, 1.54) is 0 Å². The van der Waals surface area contributed by atoms with Gasteiger partial charge in [-0.05, 0) is 6.42 Å². The van der Waals surface area contributed by atoms with Crippen molar-refractivity contribution in [2.45, 2.75) is 13.3 Å². The van der Waals surface area contributed by atoms with Gasteiger partial charge in [0.25, 0.3) is 0 Å². The van der Waals surface area contributed by atoms with E-state index >= 15 is 0 Å². The van der Waals surface area contributed by atoms with Crippen molar-refractivity contribution in [3.8, 4) is 0 Å². The number of nitrogen functional groups attached to an aromatic ring is 3. The molecule has 9 nitrogen and oxygen atoms in total. The molecule has 0 aliphatic heterocycles. The normalized spacial score (nSPS) is 8.81. The van der Waals surface area contributed by atoms with Crippen LogP contribution in [0.3, 0.4) is 0 Å². The van der Waals surface area contributed by atoms with E-state index in [1.807, 2.05) is 6.92 Å². The van der Waals surface area contributed by atoms with Crippen LogP contribution >= 0.6 is 0 Å². The first-order valence-corrected chi connectivity index (χ1v) is 4.40. The number of carbonyl (C=O) groups is 1. The Morgan fingerprint density at radius 3 is 1.69 bits per heavy atom. The van der Waals surface area contributed by atoms with Crippen molar-refractivity contribution < 1.29 is 9.53 Å². The lowest BCUT2D eigenvalue weighted by molar-refractivity contribution is 0.157. The molecule has 0 saturated carbocycles. The van der Waals surface area contributed by atoms with Crippen LogP contribution in [0.25, 0.3) is 0 Å². The van der Waals surface area contributed by atoms with Crippen molar-refractivity contribution in [1.29, 1.82) is 0 Å². The minimum Gasteiger partial charge on any atom is -0.450 e. The fourth-order valence-corrected chi connectivity index (χ4v) is 0.630. The second kappa shape index (κ2) is 7.04. The first-order chi connectivity index (χ1) is 7.45. The molecule has 16 heavy (non-hydrogen) atoms. The number of carbonyl (C=O) groups excluding carboxylic acids is 1. The van der Waals surface area contributed by atoms with Crippen LogP contribution in [0.2, 0.25) is 0 Å². The van der Waals surface area contributed by atoms with Gasteiger partial charge in [0.15, 0.2) is 0 Å². The van der Waals surface area contributed by atoms with Crippen LogP contribution in [0, 0.1) is 0 Å². The molecule has 0 radical (unpaired) electrons. The summed E-state index contributed by atoms with van der Waals surface area (Å²) in [7, 11) is 0. The number of aromatic nitrogens is 3. The highest BCUT2D eigenvalue weighted by molar-refractivity contribution is 5.64. The number of hydrogen-bond acceptors (Lipinski definition) is 8. The highest BCUT2D eigenvalue weighted by Crippen LogP contribution is 1.97. The molecule has 0 spiro atoms. The van der Waals surface area contributed by atoms with Crippen LogP contribution in [0.1, 0.15) is 13.3 Å². The Balaban J connectivity index is 0.000000293. The van der Waals surface area contributed by atoms with Crippen molar-refractivity contribution in [3.05, 3.63) is 0 Å². The van der Waals surface area contributed by atoms with Gasteiger partial charge in [0.1, 0.15) is 0 Å². The van der Waals surface area contributed by atoms with Crippen molar-refractivity contribution >= 4 is 23.9 Å². The summed E-state index contributed by atoms with van der Waals surface area (Å²) in [5, 5.41) is 0. The molecule has 90 valence electrons. The highest BCUT2D eigenvalue weighted by atomic mass is 16.5. The Labute approximate surface area is 92.2 Å². The molecule has 0 fully saturated rings. The minimum atomic E-state index is -0.693. The standard InChI is InChI=1S/C4H9NO2.C3H6N6/c1-2-3-7-4(5)6;4-1-7-2(5)9-3(6)8-1/h2-3H2,1H3,(H2,5,6);(H6,4,5,6,7,8,9). The van der Waals surface area contributed by atoms with E-state index in [9.17, 15) is 4.79 Å². The number of anilines is 3. The number of rotatable bonds is 2. The monoisotopic (exact) mass is 229 g/mol. The third kappa shape index (κ3) is 7.12.